The number of hydrogen-bond acceptors (Lipinski definition) is 2. The van der Waals surface area contributed by atoms with Crippen molar-refractivity contribution in [3.63, 3.8) is 0 Å². The van der Waals surface area contributed by atoms with Gasteiger partial charge in [-0.3, -0.25) is 4.90 Å². The molecule has 2 rings (SSSR count). The fourth-order valence-corrected chi connectivity index (χ4v) is 2.57. The van der Waals surface area contributed by atoms with Crippen LogP contribution in [0.5, 0.6) is 5.75 Å². The average Bonchev–Trinajstić information content (AvgIpc) is 2.39. The number of nitrogens with zero attached hydrogens (tertiary/aromatic N) is 1. The maximum atomic E-state index is 5.20. The van der Waals surface area contributed by atoms with Gasteiger partial charge in [0.05, 0.1) is 7.11 Å². The molecule has 1 aromatic rings. The second-order valence-corrected chi connectivity index (χ2v) is 4.41. The number of piperidine rings is 1. The zero-order valence-corrected chi connectivity index (χ0v) is 10.3. The molecule has 0 radical (unpaired) electrons. The van der Waals surface area contributed by atoms with Crippen LogP contribution in [0, 0.1) is 0 Å². The summed E-state index contributed by atoms with van der Waals surface area (Å²) in [4.78, 5) is 2.57. The molecule has 0 saturated carbocycles. The highest BCUT2D eigenvalue weighted by atomic mass is 16.5. The van der Waals surface area contributed by atoms with Crippen LogP contribution in [0.4, 0.5) is 0 Å². The summed E-state index contributed by atoms with van der Waals surface area (Å²) in [5, 5.41) is 0. The topological polar surface area (TPSA) is 12.5 Å². The average molecular weight is 219 g/mol. The van der Waals surface area contributed by atoms with Gasteiger partial charge in [-0.25, -0.2) is 0 Å². The Labute approximate surface area is 98.2 Å². The van der Waals surface area contributed by atoms with Gasteiger partial charge in [0.1, 0.15) is 5.75 Å². The molecule has 1 saturated heterocycles. The molecule has 16 heavy (non-hydrogen) atoms. The molecule has 0 bridgehead atoms. The van der Waals surface area contributed by atoms with Gasteiger partial charge >= 0.3 is 0 Å². The number of rotatable bonds is 3. The van der Waals surface area contributed by atoms with Crippen molar-refractivity contribution >= 4 is 0 Å². The van der Waals surface area contributed by atoms with E-state index in [1.165, 1.54) is 31.4 Å². The summed E-state index contributed by atoms with van der Waals surface area (Å²) in [6.45, 7) is 4.64. The lowest BCUT2D eigenvalue weighted by Crippen LogP contribution is -2.33. The Hall–Kier alpha value is -1.02. The summed E-state index contributed by atoms with van der Waals surface area (Å²) in [5.41, 5.74) is 1.43. The minimum atomic E-state index is 0.615. The minimum Gasteiger partial charge on any atom is -0.497 e. The fourth-order valence-electron chi connectivity index (χ4n) is 2.57. The molecule has 0 aliphatic carbocycles. The van der Waals surface area contributed by atoms with E-state index in [2.05, 4.69) is 36.1 Å². The van der Waals surface area contributed by atoms with Crippen LogP contribution in [0.2, 0.25) is 0 Å². The van der Waals surface area contributed by atoms with Crippen LogP contribution < -0.4 is 4.74 Å². The Kier molecular flexibility index (Phi) is 3.83. The molecule has 0 N–H and O–H groups in total. The first kappa shape index (κ1) is 11.5. The van der Waals surface area contributed by atoms with Gasteiger partial charge < -0.3 is 4.74 Å². The van der Waals surface area contributed by atoms with Crippen LogP contribution in [0.3, 0.4) is 0 Å². The van der Waals surface area contributed by atoms with E-state index in [-0.39, 0.29) is 0 Å². The van der Waals surface area contributed by atoms with Crippen LogP contribution in [0.25, 0.3) is 0 Å². The predicted octanol–water partition coefficient (Wildman–Crippen LogP) is 3.24. The zero-order valence-electron chi connectivity index (χ0n) is 10.3. The third kappa shape index (κ3) is 2.38. The number of likely N-dealkylation sites (tertiary alicyclic amines) is 1. The van der Waals surface area contributed by atoms with E-state index < -0.39 is 0 Å². The predicted molar refractivity (Wildman–Crippen MR) is 66.8 cm³/mol. The Bertz CT molecular complexity index is 320. The molecule has 1 aliphatic heterocycles. The fraction of sp³-hybridized carbons (Fsp3) is 0.571. The molecule has 1 fully saturated rings. The molecular weight excluding hydrogens is 198 g/mol. The molecule has 0 spiro atoms. The van der Waals surface area contributed by atoms with E-state index in [1.807, 2.05) is 0 Å². The van der Waals surface area contributed by atoms with Gasteiger partial charge in [-0.05, 0) is 43.6 Å². The summed E-state index contributed by atoms with van der Waals surface area (Å²) >= 11 is 0. The number of benzene rings is 1. The number of hydrogen-bond donors (Lipinski definition) is 0. The molecule has 0 aromatic heterocycles. The molecule has 88 valence electrons. The zero-order chi connectivity index (χ0) is 11.4. The highest BCUT2D eigenvalue weighted by Gasteiger charge is 2.22. The van der Waals surface area contributed by atoms with E-state index in [0.29, 0.717) is 6.04 Å². The van der Waals surface area contributed by atoms with E-state index in [1.54, 1.807) is 7.11 Å². The molecule has 1 aliphatic rings. The van der Waals surface area contributed by atoms with E-state index in [0.717, 1.165) is 12.3 Å². The maximum Gasteiger partial charge on any atom is 0.118 e. The van der Waals surface area contributed by atoms with Crippen LogP contribution in [0.15, 0.2) is 24.3 Å². The highest BCUT2D eigenvalue weighted by Crippen LogP contribution is 2.31. The molecule has 1 heterocycles. The van der Waals surface area contributed by atoms with E-state index in [4.69, 9.17) is 4.74 Å². The molecule has 2 nitrogen and oxygen atoms in total. The summed E-state index contributed by atoms with van der Waals surface area (Å²) in [7, 11) is 1.72. The Morgan fingerprint density at radius 2 is 2.00 bits per heavy atom. The molecule has 0 amide bonds. The third-order valence-electron chi connectivity index (χ3n) is 3.52. The van der Waals surface area contributed by atoms with Crippen molar-refractivity contribution in [1.82, 2.24) is 4.90 Å². The smallest absolute Gasteiger partial charge is 0.118 e. The molecule has 2 heteroatoms. The first-order valence-electron chi connectivity index (χ1n) is 6.23. The van der Waals surface area contributed by atoms with Crippen LogP contribution in [0.1, 0.15) is 37.8 Å². The van der Waals surface area contributed by atoms with Crippen molar-refractivity contribution < 1.29 is 4.74 Å². The highest BCUT2D eigenvalue weighted by molar-refractivity contribution is 5.29. The Balaban J connectivity index is 2.14. The lowest BCUT2D eigenvalue weighted by Gasteiger charge is -2.35. The van der Waals surface area contributed by atoms with Gasteiger partial charge in [0, 0.05) is 6.04 Å². The largest absolute Gasteiger partial charge is 0.497 e. The van der Waals surface area contributed by atoms with Crippen LogP contribution >= 0.6 is 0 Å². The Morgan fingerprint density at radius 3 is 2.62 bits per heavy atom. The van der Waals surface area contributed by atoms with E-state index >= 15 is 0 Å². The first-order chi connectivity index (χ1) is 7.85. The summed E-state index contributed by atoms with van der Waals surface area (Å²) in [5.74, 6) is 0.947. The van der Waals surface area contributed by atoms with Gasteiger partial charge in [-0.1, -0.05) is 25.5 Å². The molecule has 1 aromatic carbocycles. The lowest BCUT2D eigenvalue weighted by atomic mass is 9.95. The van der Waals surface area contributed by atoms with Gasteiger partial charge in [-0.15, -0.1) is 0 Å². The van der Waals surface area contributed by atoms with Crippen LogP contribution in [-0.2, 0) is 0 Å². The second kappa shape index (κ2) is 5.35. The van der Waals surface area contributed by atoms with Crippen molar-refractivity contribution in [3.8, 4) is 5.75 Å². The van der Waals surface area contributed by atoms with Gasteiger partial charge in [0.15, 0.2) is 0 Å². The van der Waals surface area contributed by atoms with E-state index in [9.17, 15) is 0 Å². The van der Waals surface area contributed by atoms with Gasteiger partial charge in [0.25, 0.3) is 0 Å². The molecule has 1 atom stereocenters. The Morgan fingerprint density at radius 1 is 1.25 bits per heavy atom. The maximum absolute atomic E-state index is 5.20. The lowest BCUT2D eigenvalue weighted by molar-refractivity contribution is 0.157. The quantitative estimate of drug-likeness (QED) is 0.773. The SMILES string of the molecule is CCN1CCCC[C@H]1c1ccc(OC)cc1. The van der Waals surface area contributed by atoms with Crippen LogP contribution in [-0.4, -0.2) is 25.1 Å². The molecular formula is C14H21NO. The standard InChI is InChI=1S/C14H21NO/c1-3-15-11-5-4-6-14(15)12-7-9-13(16-2)10-8-12/h7-10,14H,3-6,11H2,1-2H3/t14-/m0/s1. The normalized spacial score (nSPS) is 22.0. The van der Waals surface area contributed by atoms with Crippen molar-refractivity contribution in [2.75, 3.05) is 20.2 Å². The summed E-state index contributed by atoms with van der Waals surface area (Å²) in [6, 6.07) is 9.16. The van der Waals surface area contributed by atoms with Crippen molar-refractivity contribution in [2.45, 2.75) is 32.2 Å². The molecule has 0 unspecified atom stereocenters. The number of ether oxygens (including phenoxy) is 1. The van der Waals surface area contributed by atoms with Crippen molar-refractivity contribution in [2.24, 2.45) is 0 Å². The third-order valence-corrected chi connectivity index (χ3v) is 3.52. The minimum absolute atomic E-state index is 0.615. The van der Waals surface area contributed by atoms with Gasteiger partial charge in [-0.2, -0.15) is 0 Å². The summed E-state index contributed by atoms with van der Waals surface area (Å²) < 4.78 is 5.20. The number of methoxy groups -OCH3 is 1. The monoisotopic (exact) mass is 219 g/mol. The van der Waals surface area contributed by atoms with Crippen molar-refractivity contribution in [3.05, 3.63) is 29.8 Å². The first-order valence-corrected chi connectivity index (χ1v) is 6.23. The van der Waals surface area contributed by atoms with Crippen molar-refractivity contribution in [1.29, 1.82) is 0 Å². The van der Waals surface area contributed by atoms with Gasteiger partial charge in [0.2, 0.25) is 0 Å². The summed E-state index contributed by atoms with van der Waals surface area (Å²) in [6.07, 6.45) is 3.99. The second-order valence-electron chi connectivity index (χ2n) is 4.41.